The Kier molecular flexibility index (Phi) is 5.37. The molecule has 0 saturated carbocycles. The fraction of sp³-hybridized carbons (Fsp3) is 0.125. The largest absolute Gasteiger partial charge is 0.493 e. The van der Waals surface area contributed by atoms with Gasteiger partial charge in [-0.25, -0.2) is 0 Å². The van der Waals surface area contributed by atoms with Crippen molar-refractivity contribution in [3.8, 4) is 11.5 Å². The highest BCUT2D eigenvalue weighted by molar-refractivity contribution is 5.95. The number of para-hydroxylation sites is 2. The second-order valence-electron chi connectivity index (χ2n) is 4.31. The molecule has 2 N–H and O–H groups in total. The minimum absolute atomic E-state index is 0.241. The number of carbonyl (C=O) groups excluding carboxylic acids is 2. The topological polar surface area (TPSA) is 76.7 Å². The summed E-state index contributed by atoms with van der Waals surface area (Å²) in [6.45, 7) is -0.241. The Balaban J connectivity index is 1.80. The van der Waals surface area contributed by atoms with Crippen LogP contribution in [0.3, 0.4) is 0 Å². The third kappa shape index (κ3) is 4.24. The number of hydrazine groups is 1. The van der Waals surface area contributed by atoms with Crippen LogP contribution in [-0.4, -0.2) is 25.5 Å². The number of carbonyl (C=O) groups is 2. The van der Waals surface area contributed by atoms with E-state index < -0.39 is 11.8 Å². The van der Waals surface area contributed by atoms with Crippen molar-refractivity contribution in [1.29, 1.82) is 0 Å². The van der Waals surface area contributed by atoms with E-state index in [2.05, 4.69) is 10.9 Å². The van der Waals surface area contributed by atoms with E-state index in [9.17, 15) is 9.59 Å². The Morgan fingerprint density at radius 2 is 1.55 bits per heavy atom. The van der Waals surface area contributed by atoms with Crippen molar-refractivity contribution in [2.75, 3.05) is 13.7 Å². The molecule has 2 rings (SSSR count). The van der Waals surface area contributed by atoms with Gasteiger partial charge >= 0.3 is 0 Å². The normalized spacial score (nSPS) is 9.68. The van der Waals surface area contributed by atoms with Crippen molar-refractivity contribution < 1.29 is 19.1 Å². The number of hydrogen-bond donors (Lipinski definition) is 2. The summed E-state index contributed by atoms with van der Waals surface area (Å²) in [7, 11) is 1.52. The maximum absolute atomic E-state index is 11.7. The SMILES string of the molecule is COc1ccccc1OCC(=O)NNC(=O)c1ccccc1. The highest BCUT2D eigenvalue weighted by atomic mass is 16.5. The van der Waals surface area contributed by atoms with Gasteiger partial charge in [-0.2, -0.15) is 0 Å². The number of nitrogens with one attached hydrogen (secondary N) is 2. The molecule has 0 saturated heterocycles. The number of hydrogen-bond acceptors (Lipinski definition) is 4. The first kappa shape index (κ1) is 15.4. The van der Waals surface area contributed by atoms with Crippen LogP contribution in [0.4, 0.5) is 0 Å². The van der Waals surface area contributed by atoms with Gasteiger partial charge in [-0.3, -0.25) is 20.4 Å². The maximum Gasteiger partial charge on any atom is 0.276 e. The van der Waals surface area contributed by atoms with Gasteiger partial charge in [-0.15, -0.1) is 0 Å². The third-order valence-electron chi connectivity index (χ3n) is 2.78. The lowest BCUT2D eigenvalue weighted by atomic mass is 10.2. The predicted octanol–water partition coefficient (Wildman–Crippen LogP) is 1.54. The molecule has 0 aliphatic rings. The summed E-state index contributed by atoms with van der Waals surface area (Å²) in [6, 6.07) is 15.6. The Bertz CT molecular complexity index is 644. The lowest BCUT2D eigenvalue weighted by molar-refractivity contribution is -0.123. The van der Waals surface area contributed by atoms with Crippen LogP contribution in [0.15, 0.2) is 54.6 Å². The Morgan fingerprint density at radius 1 is 0.909 bits per heavy atom. The van der Waals surface area contributed by atoms with Crippen molar-refractivity contribution in [3.63, 3.8) is 0 Å². The van der Waals surface area contributed by atoms with Crippen LogP contribution in [0, 0.1) is 0 Å². The number of amides is 2. The van der Waals surface area contributed by atoms with E-state index in [-0.39, 0.29) is 6.61 Å². The monoisotopic (exact) mass is 300 g/mol. The molecule has 0 unspecified atom stereocenters. The van der Waals surface area contributed by atoms with Gasteiger partial charge in [0.2, 0.25) is 0 Å². The van der Waals surface area contributed by atoms with Crippen LogP contribution in [0.25, 0.3) is 0 Å². The van der Waals surface area contributed by atoms with Gasteiger partial charge in [0, 0.05) is 5.56 Å². The number of methoxy groups -OCH3 is 1. The van der Waals surface area contributed by atoms with Gasteiger partial charge in [0.1, 0.15) is 0 Å². The van der Waals surface area contributed by atoms with Gasteiger partial charge in [0.15, 0.2) is 18.1 Å². The van der Waals surface area contributed by atoms with Crippen LogP contribution in [0.5, 0.6) is 11.5 Å². The molecule has 0 aliphatic carbocycles. The zero-order valence-corrected chi connectivity index (χ0v) is 12.0. The van der Waals surface area contributed by atoms with Crippen molar-refractivity contribution >= 4 is 11.8 Å². The average Bonchev–Trinajstić information content (AvgIpc) is 2.58. The number of rotatable bonds is 5. The van der Waals surface area contributed by atoms with Crippen molar-refractivity contribution in [1.82, 2.24) is 10.9 Å². The summed E-state index contributed by atoms with van der Waals surface area (Å²) in [4.78, 5) is 23.4. The van der Waals surface area contributed by atoms with E-state index in [0.717, 1.165) is 0 Å². The van der Waals surface area contributed by atoms with E-state index in [1.54, 1.807) is 54.6 Å². The highest BCUT2D eigenvalue weighted by Crippen LogP contribution is 2.25. The van der Waals surface area contributed by atoms with Crippen molar-refractivity contribution in [2.24, 2.45) is 0 Å². The molecule has 0 spiro atoms. The standard InChI is InChI=1S/C16H16N2O4/c1-21-13-9-5-6-10-14(13)22-11-15(19)17-18-16(20)12-7-3-2-4-8-12/h2-10H,11H2,1H3,(H,17,19)(H,18,20). The molecule has 114 valence electrons. The van der Waals surface area contributed by atoms with Gasteiger partial charge in [-0.05, 0) is 24.3 Å². The molecule has 0 heterocycles. The molecule has 0 fully saturated rings. The average molecular weight is 300 g/mol. The van der Waals surface area contributed by atoms with Crippen molar-refractivity contribution in [2.45, 2.75) is 0 Å². The smallest absolute Gasteiger partial charge is 0.276 e. The molecule has 6 nitrogen and oxygen atoms in total. The van der Waals surface area contributed by atoms with E-state index in [4.69, 9.17) is 9.47 Å². The molecular weight excluding hydrogens is 284 g/mol. The molecule has 2 amide bonds. The first-order chi connectivity index (χ1) is 10.7. The van der Waals surface area contributed by atoms with Crippen LogP contribution in [-0.2, 0) is 4.79 Å². The van der Waals surface area contributed by atoms with Crippen LogP contribution in [0.1, 0.15) is 10.4 Å². The zero-order chi connectivity index (χ0) is 15.8. The Labute approximate surface area is 128 Å². The van der Waals surface area contributed by atoms with Gasteiger partial charge in [0.05, 0.1) is 7.11 Å². The number of benzene rings is 2. The molecule has 22 heavy (non-hydrogen) atoms. The van der Waals surface area contributed by atoms with E-state index in [1.807, 2.05) is 0 Å². The molecule has 0 atom stereocenters. The zero-order valence-electron chi connectivity index (χ0n) is 12.0. The lowest BCUT2D eigenvalue weighted by Gasteiger charge is -2.11. The quantitative estimate of drug-likeness (QED) is 0.821. The maximum atomic E-state index is 11.7. The molecule has 6 heteroatoms. The molecule has 2 aromatic rings. The summed E-state index contributed by atoms with van der Waals surface area (Å²) >= 11 is 0. The summed E-state index contributed by atoms with van der Waals surface area (Å²) in [5.41, 5.74) is 5.05. The van der Waals surface area contributed by atoms with E-state index in [1.165, 1.54) is 7.11 Å². The minimum atomic E-state index is -0.477. The summed E-state index contributed by atoms with van der Waals surface area (Å²) < 4.78 is 10.4. The summed E-state index contributed by atoms with van der Waals surface area (Å²) in [6.07, 6.45) is 0. The summed E-state index contributed by atoms with van der Waals surface area (Å²) in [5, 5.41) is 0. The van der Waals surface area contributed by atoms with Crippen molar-refractivity contribution in [3.05, 3.63) is 60.2 Å². The predicted molar refractivity (Wildman–Crippen MR) is 80.5 cm³/mol. The van der Waals surface area contributed by atoms with E-state index >= 15 is 0 Å². The molecule has 0 aliphatic heterocycles. The number of ether oxygens (including phenoxy) is 2. The van der Waals surface area contributed by atoms with Gasteiger partial charge < -0.3 is 9.47 Å². The molecule has 0 bridgehead atoms. The molecule has 2 aromatic carbocycles. The Hall–Kier alpha value is -3.02. The minimum Gasteiger partial charge on any atom is -0.493 e. The third-order valence-corrected chi connectivity index (χ3v) is 2.78. The first-order valence-electron chi connectivity index (χ1n) is 6.61. The van der Waals surface area contributed by atoms with Crippen LogP contribution < -0.4 is 20.3 Å². The van der Waals surface area contributed by atoms with Crippen LogP contribution >= 0.6 is 0 Å². The van der Waals surface area contributed by atoms with Gasteiger partial charge in [-0.1, -0.05) is 30.3 Å². The van der Waals surface area contributed by atoms with E-state index in [0.29, 0.717) is 17.1 Å². The highest BCUT2D eigenvalue weighted by Gasteiger charge is 2.09. The first-order valence-corrected chi connectivity index (χ1v) is 6.61. The second kappa shape index (κ2) is 7.68. The fourth-order valence-electron chi connectivity index (χ4n) is 1.71. The Morgan fingerprint density at radius 3 is 2.23 bits per heavy atom. The molecular formula is C16H16N2O4. The lowest BCUT2D eigenvalue weighted by Crippen LogP contribution is -2.43. The summed E-state index contributed by atoms with van der Waals surface area (Å²) in [5.74, 6) is 0.111. The van der Waals surface area contributed by atoms with Crippen LogP contribution in [0.2, 0.25) is 0 Å². The molecule has 0 aromatic heterocycles. The fourth-order valence-corrected chi connectivity index (χ4v) is 1.71. The second-order valence-corrected chi connectivity index (χ2v) is 4.31. The van der Waals surface area contributed by atoms with Gasteiger partial charge in [0.25, 0.3) is 11.8 Å². The molecule has 0 radical (unpaired) electrons.